The summed E-state index contributed by atoms with van der Waals surface area (Å²) in [6.45, 7) is 5.95. The zero-order valence-electron chi connectivity index (χ0n) is 12.6. The fourth-order valence-corrected chi connectivity index (χ4v) is 2.74. The Hall–Kier alpha value is -1.75. The van der Waals surface area contributed by atoms with Gasteiger partial charge in [-0.15, -0.1) is 11.8 Å². The standard InChI is InChI=1S/C16H20N2O2S/c1-4-11(2)17-16(19)14-7-5-6-8-15(14)21-10-13-9-12(3)18-20-13/h5-9,11H,4,10H2,1-3H3,(H,17,19). The summed E-state index contributed by atoms with van der Waals surface area (Å²) in [5, 5.41) is 6.87. The Morgan fingerprint density at radius 3 is 2.86 bits per heavy atom. The predicted octanol–water partition coefficient (Wildman–Crippen LogP) is 3.80. The maximum absolute atomic E-state index is 12.3. The minimum atomic E-state index is -0.0267. The van der Waals surface area contributed by atoms with Crippen molar-refractivity contribution in [2.45, 2.75) is 43.9 Å². The summed E-state index contributed by atoms with van der Waals surface area (Å²) in [6.07, 6.45) is 0.915. The second kappa shape index (κ2) is 7.31. The molecule has 1 unspecified atom stereocenters. The van der Waals surface area contributed by atoms with Crippen LogP contribution in [0.4, 0.5) is 0 Å². The van der Waals surface area contributed by atoms with E-state index in [1.165, 1.54) is 0 Å². The van der Waals surface area contributed by atoms with E-state index in [2.05, 4.69) is 17.4 Å². The molecule has 0 saturated carbocycles. The Bertz CT molecular complexity index is 610. The molecule has 1 N–H and O–H groups in total. The van der Waals surface area contributed by atoms with Crippen molar-refractivity contribution in [3.63, 3.8) is 0 Å². The number of hydrogen-bond donors (Lipinski definition) is 1. The second-order valence-corrected chi connectivity index (χ2v) is 6.02. The summed E-state index contributed by atoms with van der Waals surface area (Å²) in [7, 11) is 0. The zero-order chi connectivity index (χ0) is 15.2. The van der Waals surface area contributed by atoms with Gasteiger partial charge in [-0.25, -0.2) is 0 Å². The fraction of sp³-hybridized carbons (Fsp3) is 0.375. The van der Waals surface area contributed by atoms with Crippen molar-refractivity contribution in [1.29, 1.82) is 0 Å². The fourth-order valence-electron chi connectivity index (χ4n) is 1.82. The van der Waals surface area contributed by atoms with Crippen LogP contribution in [0.15, 0.2) is 39.8 Å². The largest absolute Gasteiger partial charge is 0.360 e. The minimum Gasteiger partial charge on any atom is -0.360 e. The van der Waals surface area contributed by atoms with E-state index >= 15 is 0 Å². The van der Waals surface area contributed by atoms with Crippen molar-refractivity contribution in [1.82, 2.24) is 10.5 Å². The lowest BCUT2D eigenvalue weighted by Crippen LogP contribution is -2.32. The molecule has 1 aromatic carbocycles. The first-order valence-corrected chi connectivity index (χ1v) is 8.03. The van der Waals surface area contributed by atoms with E-state index < -0.39 is 0 Å². The summed E-state index contributed by atoms with van der Waals surface area (Å²) in [5.74, 6) is 1.45. The second-order valence-electron chi connectivity index (χ2n) is 5.00. The number of rotatable bonds is 6. The number of carbonyl (C=O) groups is 1. The molecule has 0 spiro atoms. The maximum atomic E-state index is 12.3. The number of nitrogens with one attached hydrogen (secondary N) is 1. The highest BCUT2D eigenvalue weighted by Crippen LogP contribution is 2.26. The Morgan fingerprint density at radius 1 is 1.43 bits per heavy atom. The number of aryl methyl sites for hydroxylation is 1. The van der Waals surface area contributed by atoms with E-state index in [0.29, 0.717) is 11.3 Å². The first-order chi connectivity index (χ1) is 10.1. The lowest BCUT2D eigenvalue weighted by atomic mass is 10.2. The van der Waals surface area contributed by atoms with Crippen LogP contribution < -0.4 is 5.32 Å². The van der Waals surface area contributed by atoms with E-state index in [9.17, 15) is 4.79 Å². The first kappa shape index (κ1) is 15.6. The molecule has 0 aliphatic rings. The highest BCUT2D eigenvalue weighted by atomic mass is 32.2. The molecule has 0 aliphatic heterocycles. The Kier molecular flexibility index (Phi) is 5.44. The van der Waals surface area contributed by atoms with Gasteiger partial charge in [0.15, 0.2) is 0 Å². The van der Waals surface area contributed by atoms with Crippen molar-refractivity contribution in [3.05, 3.63) is 47.3 Å². The van der Waals surface area contributed by atoms with Crippen LogP contribution in [0, 0.1) is 6.92 Å². The van der Waals surface area contributed by atoms with Gasteiger partial charge >= 0.3 is 0 Å². The molecule has 2 aromatic rings. The third-order valence-electron chi connectivity index (χ3n) is 3.17. The molecule has 0 bridgehead atoms. The molecule has 112 valence electrons. The molecule has 0 aliphatic carbocycles. The van der Waals surface area contributed by atoms with Gasteiger partial charge in [0.2, 0.25) is 0 Å². The monoisotopic (exact) mass is 304 g/mol. The number of nitrogens with zero attached hydrogens (tertiary/aromatic N) is 1. The summed E-state index contributed by atoms with van der Waals surface area (Å²) in [4.78, 5) is 13.2. The maximum Gasteiger partial charge on any atom is 0.252 e. The predicted molar refractivity (Wildman–Crippen MR) is 84.5 cm³/mol. The smallest absolute Gasteiger partial charge is 0.252 e. The molecule has 0 fully saturated rings. The molecule has 2 rings (SSSR count). The van der Waals surface area contributed by atoms with E-state index in [1.54, 1.807) is 11.8 Å². The van der Waals surface area contributed by atoms with Crippen LogP contribution in [0.3, 0.4) is 0 Å². The van der Waals surface area contributed by atoms with E-state index in [1.807, 2.05) is 44.2 Å². The Labute approximate surface area is 129 Å². The van der Waals surface area contributed by atoms with Crippen LogP contribution >= 0.6 is 11.8 Å². The lowest BCUT2D eigenvalue weighted by Gasteiger charge is -2.13. The topological polar surface area (TPSA) is 55.1 Å². The van der Waals surface area contributed by atoms with Crippen LogP contribution in [0.1, 0.15) is 42.1 Å². The summed E-state index contributed by atoms with van der Waals surface area (Å²) in [6, 6.07) is 9.72. The number of benzene rings is 1. The Balaban J connectivity index is 2.07. The van der Waals surface area contributed by atoms with Gasteiger partial charge in [-0.1, -0.05) is 24.2 Å². The normalized spacial score (nSPS) is 12.1. The van der Waals surface area contributed by atoms with Gasteiger partial charge in [0.1, 0.15) is 5.76 Å². The molecule has 5 heteroatoms. The minimum absolute atomic E-state index is 0.0267. The quantitative estimate of drug-likeness (QED) is 0.825. The van der Waals surface area contributed by atoms with Crippen molar-refractivity contribution in [3.8, 4) is 0 Å². The average Bonchev–Trinajstić information content (AvgIpc) is 2.90. The molecule has 4 nitrogen and oxygen atoms in total. The summed E-state index contributed by atoms with van der Waals surface area (Å²) in [5.41, 5.74) is 1.58. The highest BCUT2D eigenvalue weighted by molar-refractivity contribution is 7.98. The van der Waals surface area contributed by atoms with Crippen LogP contribution in [0.25, 0.3) is 0 Å². The van der Waals surface area contributed by atoms with E-state index in [-0.39, 0.29) is 11.9 Å². The van der Waals surface area contributed by atoms with Crippen LogP contribution in [-0.4, -0.2) is 17.1 Å². The first-order valence-electron chi connectivity index (χ1n) is 7.05. The van der Waals surface area contributed by atoms with Crippen LogP contribution in [-0.2, 0) is 5.75 Å². The average molecular weight is 304 g/mol. The van der Waals surface area contributed by atoms with E-state index in [4.69, 9.17) is 4.52 Å². The molecule has 1 aromatic heterocycles. The van der Waals surface area contributed by atoms with Crippen molar-refractivity contribution >= 4 is 17.7 Å². The van der Waals surface area contributed by atoms with Crippen LogP contribution in [0.5, 0.6) is 0 Å². The molecule has 1 atom stereocenters. The van der Waals surface area contributed by atoms with Gasteiger partial charge in [-0.05, 0) is 32.4 Å². The molecule has 1 amide bonds. The molecule has 1 heterocycles. The summed E-state index contributed by atoms with van der Waals surface area (Å²) >= 11 is 1.58. The van der Waals surface area contributed by atoms with Gasteiger partial charge < -0.3 is 9.84 Å². The van der Waals surface area contributed by atoms with Gasteiger partial charge in [0.25, 0.3) is 5.91 Å². The van der Waals surface area contributed by atoms with Gasteiger partial charge in [-0.3, -0.25) is 4.79 Å². The third-order valence-corrected chi connectivity index (χ3v) is 4.26. The number of thioether (sulfide) groups is 1. The third kappa shape index (κ3) is 4.36. The molecule has 21 heavy (non-hydrogen) atoms. The van der Waals surface area contributed by atoms with E-state index in [0.717, 1.165) is 22.8 Å². The number of carbonyl (C=O) groups excluding carboxylic acids is 1. The van der Waals surface area contributed by atoms with Crippen LogP contribution in [0.2, 0.25) is 0 Å². The molecule has 0 radical (unpaired) electrons. The van der Waals surface area contributed by atoms with Crippen molar-refractivity contribution < 1.29 is 9.32 Å². The molecule has 0 saturated heterocycles. The lowest BCUT2D eigenvalue weighted by molar-refractivity contribution is 0.0936. The molecular formula is C16H20N2O2S. The van der Waals surface area contributed by atoms with Crippen molar-refractivity contribution in [2.24, 2.45) is 0 Å². The zero-order valence-corrected chi connectivity index (χ0v) is 13.4. The van der Waals surface area contributed by atoms with Crippen molar-refractivity contribution in [2.75, 3.05) is 0 Å². The Morgan fingerprint density at radius 2 is 2.19 bits per heavy atom. The van der Waals surface area contributed by atoms with Gasteiger partial charge in [-0.2, -0.15) is 0 Å². The number of aromatic nitrogens is 1. The van der Waals surface area contributed by atoms with Gasteiger partial charge in [0.05, 0.1) is 17.0 Å². The molecular weight excluding hydrogens is 284 g/mol. The SMILES string of the molecule is CCC(C)NC(=O)c1ccccc1SCc1cc(C)no1. The number of hydrogen-bond acceptors (Lipinski definition) is 4. The summed E-state index contributed by atoms with van der Waals surface area (Å²) < 4.78 is 5.20. The number of amides is 1. The highest BCUT2D eigenvalue weighted by Gasteiger charge is 2.13. The van der Waals surface area contributed by atoms with Gasteiger partial charge in [0, 0.05) is 17.0 Å².